The predicted molar refractivity (Wildman–Crippen MR) is 117 cm³/mol. The highest BCUT2D eigenvalue weighted by Crippen LogP contribution is 2.24. The molecule has 152 valence electrons. The molecule has 2 amide bonds. The van der Waals surface area contributed by atoms with Crippen LogP contribution in [0.1, 0.15) is 18.3 Å². The first-order chi connectivity index (χ1) is 14.6. The molecule has 1 atom stereocenters. The van der Waals surface area contributed by atoms with E-state index in [0.717, 1.165) is 23.3 Å². The number of nitriles is 1. The molecular formula is C22H21N5O2S. The van der Waals surface area contributed by atoms with Crippen LogP contribution in [0.2, 0.25) is 0 Å². The minimum absolute atomic E-state index is 0.0992. The summed E-state index contributed by atoms with van der Waals surface area (Å²) in [5.74, 6) is 1.58. The highest BCUT2D eigenvalue weighted by Gasteiger charge is 2.35. The number of carbonyl (C=O) groups is 2. The van der Waals surface area contributed by atoms with Gasteiger partial charge in [-0.3, -0.25) is 9.59 Å². The molecule has 0 radical (unpaired) electrons. The molecule has 1 aliphatic heterocycles. The number of carbonyl (C=O) groups excluding carboxylic acids is 2. The summed E-state index contributed by atoms with van der Waals surface area (Å²) in [5, 5.41) is 11.8. The Morgan fingerprint density at radius 1 is 1.23 bits per heavy atom. The van der Waals surface area contributed by atoms with Gasteiger partial charge in [0.15, 0.2) is 0 Å². The lowest BCUT2D eigenvalue weighted by Crippen LogP contribution is -2.45. The fraction of sp³-hybridized carbons (Fsp3) is 0.273. The molecule has 0 saturated carbocycles. The number of nitrogens with zero attached hydrogens (tertiary/aromatic N) is 4. The topological polar surface area (TPSA) is 91.0 Å². The van der Waals surface area contributed by atoms with Gasteiger partial charge >= 0.3 is 0 Å². The summed E-state index contributed by atoms with van der Waals surface area (Å²) in [6.45, 7) is 2.17. The number of imidazole rings is 1. The van der Waals surface area contributed by atoms with Gasteiger partial charge in [-0.05, 0) is 36.4 Å². The van der Waals surface area contributed by atoms with E-state index in [1.165, 1.54) is 0 Å². The predicted octanol–water partition coefficient (Wildman–Crippen LogP) is 3.01. The molecule has 1 unspecified atom stereocenters. The third kappa shape index (κ3) is 3.89. The first-order valence-corrected chi connectivity index (χ1v) is 10.9. The lowest BCUT2D eigenvalue weighted by atomic mass is 10.2. The SMILES string of the molecule is CCc1nc2ccccc2n1CC(=O)N1CSCC1C(=O)Nc1ccc(C#N)cc1. The molecule has 0 bridgehead atoms. The number of hydrogen-bond donors (Lipinski definition) is 1. The molecule has 2 heterocycles. The summed E-state index contributed by atoms with van der Waals surface area (Å²) in [6, 6.07) is 16.0. The van der Waals surface area contributed by atoms with Crippen LogP contribution < -0.4 is 5.32 Å². The maximum Gasteiger partial charge on any atom is 0.248 e. The second kappa shape index (κ2) is 8.59. The van der Waals surface area contributed by atoms with E-state index in [2.05, 4.69) is 16.4 Å². The number of aromatic nitrogens is 2. The molecule has 1 fully saturated rings. The summed E-state index contributed by atoms with van der Waals surface area (Å²) < 4.78 is 1.94. The minimum atomic E-state index is -0.530. The van der Waals surface area contributed by atoms with Gasteiger partial charge in [0.1, 0.15) is 18.4 Å². The van der Waals surface area contributed by atoms with Crippen molar-refractivity contribution < 1.29 is 9.59 Å². The van der Waals surface area contributed by atoms with Crippen LogP contribution in [0.25, 0.3) is 11.0 Å². The Bertz CT molecular complexity index is 1130. The Labute approximate surface area is 178 Å². The molecule has 0 spiro atoms. The van der Waals surface area contributed by atoms with Crippen LogP contribution >= 0.6 is 11.8 Å². The second-order valence-electron chi connectivity index (χ2n) is 7.01. The molecular weight excluding hydrogens is 398 g/mol. The second-order valence-corrected chi connectivity index (χ2v) is 8.01. The normalized spacial score (nSPS) is 15.9. The lowest BCUT2D eigenvalue weighted by molar-refractivity contribution is -0.136. The van der Waals surface area contributed by atoms with Gasteiger partial charge in [0.25, 0.3) is 0 Å². The van der Waals surface area contributed by atoms with E-state index in [9.17, 15) is 9.59 Å². The highest BCUT2D eigenvalue weighted by molar-refractivity contribution is 7.99. The molecule has 8 heteroatoms. The van der Waals surface area contributed by atoms with E-state index in [4.69, 9.17) is 5.26 Å². The van der Waals surface area contributed by atoms with Gasteiger partial charge in [0.05, 0.1) is 28.5 Å². The van der Waals surface area contributed by atoms with Crippen molar-refractivity contribution in [1.29, 1.82) is 5.26 Å². The van der Waals surface area contributed by atoms with Crippen LogP contribution in [0.15, 0.2) is 48.5 Å². The Morgan fingerprint density at radius 2 is 2.00 bits per heavy atom. The number of rotatable bonds is 5. The molecule has 4 rings (SSSR count). The molecule has 1 saturated heterocycles. The fourth-order valence-electron chi connectivity index (χ4n) is 3.56. The van der Waals surface area contributed by atoms with E-state index in [0.29, 0.717) is 22.9 Å². The van der Waals surface area contributed by atoms with Gasteiger partial charge in [0, 0.05) is 17.9 Å². The zero-order chi connectivity index (χ0) is 21.1. The van der Waals surface area contributed by atoms with E-state index in [1.54, 1.807) is 40.9 Å². The molecule has 1 N–H and O–H groups in total. The van der Waals surface area contributed by atoms with Gasteiger partial charge < -0.3 is 14.8 Å². The van der Waals surface area contributed by atoms with Crippen molar-refractivity contribution in [2.45, 2.75) is 25.9 Å². The first-order valence-electron chi connectivity index (χ1n) is 9.73. The average Bonchev–Trinajstić information content (AvgIpc) is 3.39. The molecule has 2 aromatic carbocycles. The number of benzene rings is 2. The summed E-state index contributed by atoms with van der Waals surface area (Å²) >= 11 is 1.57. The van der Waals surface area contributed by atoms with Crippen molar-refractivity contribution in [1.82, 2.24) is 14.5 Å². The van der Waals surface area contributed by atoms with Crippen LogP contribution in [-0.2, 0) is 22.6 Å². The zero-order valence-corrected chi connectivity index (χ0v) is 17.4. The Kier molecular flexibility index (Phi) is 5.72. The third-order valence-electron chi connectivity index (χ3n) is 5.13. The van der Waals surface area contributed by atoms with Crippen LogP contribution in [0.3, 0.4) is 0 Å². The number of anilines is 1. The zero-order valence-electron chi connectivity index (χ0n) is 16.5. The van der Waals surface area contributed by atoms with Crippen molar-refractivity contribution in [3.8, 4) is 6.07 Å². The van der Waals surface area contributed by atoms with Crippen LogP contribution in [0.5, 0.6) is 0 Å². The fourth-order valence-corrected chi connectivity index (χ4v) is 4.74. The van der Waals surface area contributed by atoms with Crippen molar-refractivity contribution in [2.24, 2.45) is 0 Å². The molecule has 7 nitrogen and oxygen atoms in total. The van der Waals surface area contributed by atoms with Crippen LogP contribution in [-0.4, -0.2) is 43.9 Å². The van der Waals surface area contributed by atoms with Crippen molar-refractivity contribution in [2.75, 3.05) is 16.9 Å². The Morgan fingerprint density at radius 3 is 2.73 bits per heavy atom. The molecule has 30 heavy (non-hydrogen) atoms. The maximum atomic E-state index is 13.1. The number of nitrogens with one attached hydrogen (secondary N) is 1. The lowest BCUT2D eigenvalue weighted by Gasteiger charge is -2.24. The maximum absolute atomic E-state index is 13.1. The van der Waals surface area contributed by atoms with E-state index in [-0.39, 0.29) is 18.4 Å². The smallest absolute Gasteiger partial charge is 0.248 e. The van der Waals surface area contributed by atoms with Crippen molar-refractivity contribution >= 4 is 40.3 Å². The standard InChI is InChI=1S/C22H21N5O2S/c1-2-20-25-17-5-3-4-6-18(17)26(20)12-21(28)27-14-30-13-19(27)22(29)24-16-9-7-15(11-23)8-10-16/h3-10,19H,2,12-14H2,1H3,(H,24,29). The van der Waals surface area contributed by atoms with Crippen molar-refractivity contribution in [3.05, 3.63) is 59.9 Å². The average molecular weight is 420 g/mol. The number of thioether (sulfide) groups is 1. The van der Waals surface area contributed by atoms with Gasteiger partial charge in [-0.25, -0.2) is 4.98 Å². The van der Waals surface area contributed by atoms with Gasteiger partial charge in [0.2, 0.25) is 11.8 Å². The van der Waals surface area contributed by atoms with E-state index in [1.807, 2.05) is 35.8 Å². The summed E-state index contributed by atoms with van der Waals surface area (Å²) in [4.78, 5) is 32.2. The monoisotopic (exact) mass is 419 g/mol. The number of fused-ring (bicyclic) bond motifs is 1. The quantitative estimate of drug-likeness (QED) is 0.686. The number of aryl methyl sites for hydroxylation is 1. The van der Waals surface area contributed by atoms with Gasteiger partial charge in [-0.2, -0.15) is 5.26 Å². The third-order valence-corrected chi connectivity index (χ3v) is 6.14. The van der Waals surface area contributed by atoms with Gasteiger partial charge in [-0.1, -0.05) is 19.1 Å². The number of amides is 2. The van der Waals surface area contributed by atoms with E-state index < -0.39 is 6.04 Å². The van der Waals surface area contributed by atoms with Crippen molar-refractivity contribution in [3.63, 3.8) is 0 Å². The summed E-state index contributed by atoms with van der Waals surface area (Å²) in [7, 11) is 0. The number of hydrogen-bond acceptors (Lipinski definition) is 5. The molecule has 1 aromatic heterocycles. The minimum Gasteiger partial charge on any atom is -0.324 e. The first kappa shape index (κ1) is 20.0. The van der Waals surface area contributed by atoms with E-state index >= 15 is 0 Å². The van der Waals surface area contributed by atoms with Crippen LogP contribution in [0.4, 0.5) is 5.69 Å². The molecule has 1 aliphatic rings. The highest BCUT2D eigenvalue weighted by atomic mass is 32.2. The number of para-hydroxylation sites is 2. The summed E-state index contributed by atoms with van der Waals surface area (Å²) in [6.07, 6.45) is 0.722. The molecule has 0 aliphatic carbocycles. The largest absolute Gasteiger partial charge is 0.324 e. The summed E-state index contributed by atoms with van der Waals surface area (Å²) in [5.41, 5.74) is 2.93. The van der Waals surface area contributed by atoms with Crippen LogP contribution in [0, 0.1) is 11.3 Å². The van der Waals surface area contributed by atoms with Gasteiger partial charge in [-0.15, -0.1) is 11.8 Å². The Hall–Kier alpha value is -3.31. The molecule has 3 aromatic rings. The Balaban J connectivity index is 1.50.